The Morgan fingerprint density at radius 2 is 2.19 bits per heavy atom. The minimum absolute atomic E-state index is 0.301. The third-order valence-electron chi connectivity index (χ3n) is 3.07. The maximum absolute atomic E-state index is 12.3. The van der Waals surface area contributed by atoms with Crippen LogP contribution in [0.15, 0.2) is 42.7 Å². The summed E-state index contributed by atoms with van der Waals surface area (Å²) >= 11 is 0. The van der Waals surface area contributed by atoms with Crippen molar-refractivity contribution in [2.75, 3.05) is 12.4 Å². The molecule has 0 unspecified atom stereocenters. The first-order valence-electron chi connectivity index (χ1n) is 6.44. The fraction of sp³-hybridized carbons (Fsp3) is 0.133. The zero-order valence-corrected chi connectivity index (χ0v) is 11.7. The minimum atomic E-state index is -0.301. The summed E-state index contributed by atoms with van der Waals surface area (Å²) in [7, 11) is 1.56. The van der Waals surface area contributed by atoms with Crippen LogP contribution in [0.2, 0.25) is 0 Å². The van der Waals surface area contributed by atoms with Gasteiger partial charge in [0.15, 0.2) is 11.3 Å². The number of ether oxygens (including phenoxy) is 1. The molecule has 0 bridgehead atoms. The van der Waals surface area contributed by atoms with Crippen LogP contribution in [0, 0.1) is 6.92 Å². The van der Waals surface area contributed by atoms with Crippen LogP contribution < -0.4 is 10.1 Å². The van der Waals surface area contributed by atoms with E-state index in [1.54, 1.807) is 36.2 Å². The number of aryl methyl sites for hydroxylation is 1. The molecule has 2 aromatic heterocycles. The molecule has 3 rings (SSSR count). The number of rotatable bonds is 3. The zero-order chi connectivity index (χ0) is 14.8. The number of hydrogen-bond donors (Lipinski definition) is 1. The Morgan fingerprint density at radius 3 is 2.95 bits per heavy atom. The van der Waals surface area contributed by atoms with E-state index in [1.807, 2.05) is 25.1 Å². The van der Waals surface area contributed by atoms with Crippen molar-refractivity contribution in [1.82, 2.24) is 14.6 Å². The van der Waals surface area contributed by atoms with E-state index in [0.717, 1.165) is 5.56 Å². The van der Waals surface area contributed by atoms with Crippen molar-refractivity contribution in [3.05, 3.63) is 54.0 Å². The monoisotopic (exact) mass is 282 g/mol. The molecule has 0 aliphatic rings. The Hall–Kier alpha value is -2.89. The highest BCUT2D eigenvalue weighted by Gasteiger charge is 2.13. The second-order valence-corrected chi connectivity index (χ2v) is 4.61. The van der Waals surface area contributed by atoms with Gasteiger partial charge in [0.25, 0.3) is 5.91 Å². The fourth-order valence-corrected chi connectivity index (χ4v) is 2.05. The van der Waals surface area contributed by atoms with Gasteiger partial charge < -0.3 is 10.1 Å². The number of carbonyl (C=O) groups excluding carboxylic acids is 1. The van der Waals surface area contributed by atoms with Gasteiger partial charge in [0.05, 0.1) is 12.8 Å². The van der Waals surface area contributed by atoms with Crippen LogP contribution in [0.25, 0.3) is 5.65 Å². The van der Waals surface area contributed by atoms with Crippen molar-refractivity contribution in [2.45, 2.75) is 6.92 Å². The predicted octanol–water partition coefficient (Wildman–Crippen LogP) is 2.30. The van der Waals surface area contributed by atoms with E-state index in [1.165, 1.54) is 0 Å². The Morgan fingerprint density at radius 1 is 1.33 bits per heavy atom. The molecule has 0 radical (unpaired) electrons. The predicted molar refractivity (Wildman–Crippen MR) is 78.7 cm³/mol. The summed E-state index contributed by atoms with van der Waals surface area (Å²) in [5, 5.41) is 7.00. The van der Waals surface area contributed by atoms with E-state index in [4.69, 9.17) is 4.74 Å². The second kappa shape index (κ2) is 5.24. The van der Waals surface area contributed by atoms with Crippen molar-refractivity contribution in [2.24, 2.45) is 0 Å². The summed E-state index contributed by atoms with van der Waals surface area (Å²) in [6.07, 6.45) is 3.40. The van der Waals surface area contributed by atoms with Gasteiger partial charge in [-0.3, -0.25) is 4.79 Å². The van der Waals surface area contributed by atoms with Crippen molar-refractivity contribution < 1.29 is 9.53 Å². The van der Waals surface area contributed by atoms with Gasteiger partial charge in [-0.2, -0.15) is 5.10 Å². The van der Waals surface area contributed by atoms with E-state index >= 15 is 0 Å². The molecule has 6 nitrogen and oxygen atoms in total. The topological polar surface area (TPSA) is 68.5 Å². The minimum Gasteiger partial charge on any atom is -0.495 e. The third kappa shape index (κ3) is 2.55. The van der Waals surface area contributed by atoms with Crippen molar-refractivity contribution >= 4 is 17.2 Å². The Kier molecular flexibility index (Phi) is 3.27. The van der Waals surface area contributed by atoms with E-state index < -0.39 is 0 Å². The van der Waals surface area contributed by atoms with E-state index in [0.29, 0.717) is 22.8 Å². The maximum Gasteiger partial charge on any atom is 0.276 e. The quantitative estimate of drug-likeness (QED) is 0.800. The zero-order valence-electron chi connectivity index (χ0n) is 11.7. The fourth-order valence-electron chi connectivity index (χ4n) is 2.05. The Labute approximate surface area is 121 Å². The summed E-state index contributed by atoms with van der Waals surface area (Å²) in [5.74, 6) is 0.306. The molecular formula is C15H14N4O2. The number of anilines is 1. The smallest absolute Gasteiger partial charge is 0.276 e. The molecular weight excluding hydrogens is 268 g/mol. The second-order valence-electron chi connectivity index (χ2n) is 4.61. The maximum atomic E-state index is 12.3. The Bertz CT molecular complexity index is 777. The highest BCUT2D eigenvalue weighted by molar-refractivity contribution is 6.04. The average Bonchev–Trinajstić information content (AvgIpc) is 2.91. The van der Waals surface area contributed by atoms with Crippen LogP contribution in [-0.4, -0.2) is 27.6 Å². The van der Waals surface area contributed by atoms with Crippen molar-refractivity contribution in [1.29, 1.82) is 0 Å². The number of hydrogen-bond acceptors (Lipinski definition) is 4. The lowest BCUT2D eigenvalue weighted by molar-refractivity contribution is 0.102. The van der Waals surface area contributed by atoms with E-state index in [2.05, 4.69) is 15.4 Å². The molecule has 0 aliphatic heterocycles. The van der Waals surface area contributed by atoms with Gasteiger partial charge in [0.1, 0.15) is 5.75 Å². The van der Waals surface area contributed by atoms with Crippen LogP contribution >= 0.6 is 0 Å². The molecule has 0 saturated carbocycles. The molecule has 0 atom stereocenters. The van der Waals surface area contributed by atoms with E-state index in [-0.39, 0.29) is 5.91 Å². The highest BCUT2D eigenvalue weighted by Crippen LogP contribution is 2.25. The van der Waals surface area contributed by atoms with Crippen molar-refractivity contribution in [3.8, 4) is 5.75 Å². The first-order valence-corrected chi connectivity index (χ1v) is 6.44. The lowest BCUT2D eigenvalue weighted by Crippen LogP contribution is -2.13. The van der Waals surface area contributed by atoms with Crippen LogP contribution in [0.5, 0.6) is 5.75 Å². The molecule has 0 spiro atoms. The molecule has 2 heterocycles. The van der Waals surface area contributed by atoms with Crippen LogP contribution in [0.3, 0.4) is 0 Å². The van der Waals surface area contributed by atoms with E-state index in [9.17, 15) is 4.79 Å². The average molecular weight is 282 g/mol. The lowest BCUT2D eigenvalue weighted by atomic mass is 10.2. The molecule has 21 heavy (non-hydrogen) atoms. The van der Waals surface area contributed by atoms with Crippen LogP contribution in [0.1, 0.15) is 16.1 Å². The molecule has 106 valence electrons. The number of nitrogens with zero attached hydrogens (tertiary/aromatic N) is 3. The molecule has 1 amide bonds. The summed E-state index contributed by atoms with van der Waals surface area (Å²) < 4.78 is 6.80. The molecule has 3 aromatic rings. The highest BCUT2D eigenvalue weighted by atomic mass is 16.5. The molecule has 0 saturated heterocycles. The first-order chi connectivity index (χ1) is 10.2. The number of fused-ring (bicyclic) bond motifs is 1. The standard InChI is InChI=1S/C15H14N4O2/c1-10-4-5-13(21-2)11(8-10)17-15(20)12-9-14-16-6-3-7-19(14)18-12/h3-9H,1-2H3,(H,17,20). The number of methoxy groups -OCH3 is 1. The summed E-state index contributed by atoms with van der Waals surface area (Å²) in [4.78, 5) is 16.4. The van der Waals surface area contributed by atoms with Gasteiger partial charge in [-0.15, -0.1) is 0 Å². The van der Waals surface area contributed by atoms with Crippen LogP contribution in [-0.2, 0) is 0 Å². The van der Waals surface area contributed by atoms with Gasteiger partial charge in [0.2, 0.25) is 0 Å². The molecule has 1 aromatic carbocycles. The molecule has 0 fully saturated rings. The van der Waals surface area contributed by atoms with Gasteiger partial charge >= 0.3 is 0 Å². The molecule has 6 heteroatoms. The lowest BCUT2D eigenvalue weighted by Gasteiger charge is -2.09. The largest absolute Gasteiger partial charge is 0.495 e. The van der Waals surface area contributed by atoms with Gasteiger partial charge in [0, 0.05) is 18.5 Å². The van der Waals surface area contributed by atoms with Gasteiger partial charge in [-0.25, -0.2) is 9.50 Å². The van der Waals surface area contributed by atoms with Gasteiger partial charge in [-0.05, 0) is 30.7 Å². The summed E-state index contributed by atoms with van der Waals surface area (Å²) in [6, 6.07) is 8.98. The number of benzene rings is 1. The first kappa shape index (κ1) is 13.1. The number of carbonyl (C=O) groups is 1. The molecule has 1 N–H and O–H groups in total. The SMILES string of the molecule is COc1ccc(C)cc1NC(=O)c1cc2ncccn2n1. The summed E-state index contributed by atoms with van der Waals surface area (Å²) in [6.45, 7) is 1.95. The normalized spacial score (nSPS) is 10.6. The number of amides is 1. The number of aromatic nitrogens is 3. The van der Waals surface area contributed by atoms with Crippen molar-refractivity contribution in [3.63, 3.8) is 0 Å². The Balaban J connectivity index is 1.91. The summed E-state index contributed by atoms with van der Waals surface area (Å²) in [5.41, 5.74) is 2.58. The number of nitrogens with one attached hydrogen (secondary N) is 1. The molecule has 0 aliphatic carbocycles. The third-order valence-corrected chi connectivity index (χ3v) is 3.07. The van der Waals surface area contributed by atoms with Gasteiger partial charge in [-0.1, -0.05) is 6.07 Å². The van der Waals surface area contributed by atoms with Crippen LogP contribution in [0.4, 0.5) is 5.69 Å².